The van der Waals surface area contributed by atoms with E-state index < -0.39 is 23.7 Å². The molecule has 1 amide bonds. The zero-order valence-electron chi connectivity index (χ0n) is 10.5. The van der Waals surface area contributed by atoms with Crippen molar-refractivity contribution < 1.29 is 19.4 Å². The van der Waals surface area contributed by atoms with E-state index in [0.29, 0.717) is 12.2 Å². The molecule has 0 spiro atoms. The number of carboxylic acids is 1. The third-order valence-electron chi connectivity index (χ3n) is 1.60. The van der Waals surface area contributed by atoms with Crippen LogP contribution < -0.4 is 5.32 Å². The Bertz CT molecular complexity index is 266. The molecule has 100 valence electrons. The van der Waals surface area contributed by atoms with Gasteiger partial charge in [-0.15, -0.1) is 0 Å². The summed E-state index contributed by atoms with van der Waals surface area (Å²) >= 11 is 0. The Balaban J connectivity index is 4.16. The van der Waals surface area contributed by atoms with Gasteiger partial charge in [0.25, 0.3) is 0 Å². The Kier molecular flexibility index (Phi) is 7.45. The molecule has 0 bridgehead atoms. The average Bonchev–Trinajstić information content (AvgIpc) is 2.13. The molecule has 0 rings (SSSR count). The molecule has 0 saturated heterocycles. The topological polar surface area (TPSA) is 75.6 Å². The normalized spacial score (nSPS) is 12.9. The first-order chi connectivity index (χ1) is 7.76. The largest absolute Gasteiger partial charge is 0.480 e. The van der Waals surface area contributed by atoms with Crippen LogP contribution in [0.2, 0.25) is 0 Å². The first-order valence-corrected chi connectivity index (χ1v) is 7.87. The number of hydrogen-bond acceptors (Lipinski definition) is 5. The van der Waals surface area contributed by atoms with Crippen molar-refractivity contribution in [1.82, 2.24) is 5.32 Å². The van der Waals surface area contributed by atoms with Crippen molar-refractivity contribution >= 4 is 33.7 Å². The molecule has 0 aromatic heterocycles. The van der Waals surface area contributed by atoms with E-state index in [1.165, 1.54) is 0 Å². The molecule has 5 nitrogen and oxygen atoms in total. The molecule has 1 atom stereocenters. The summed E-state index contributed by atoms with van der Waals surface area (Å²) in [6, 6.07) is -0.899. The minimum atomic E-state index is -1.04. The molecule has 0 unspecified atom stereocenters. The molecule has 0 radical (unpaired) electrons. The van der Waals surface area contributed by atoms with Crippen LogP contribution in [0.15, 0.2) is 0 Å². The molecule has 0 aliphatic carbocycles. The summed E-state index contributed by atoms with van der Waals surface area (Å²) in [5, 5.41) is 11.3. The molecule has 17 heavy (non-hydrogen) atoms. The van der Waals surface area contributed by atoms with Gasteiger partial charge in [-0.3, -0.25) is 0 Å². The van der Waals surface area contributed by atoms with Gasteiger partial charge in [0.15, 0.2) is 0 Å². The maximum atomic E-state index is 11.4. The second-order valence-electron chi connectivity index (χ2n) is 4.31. The standard InChI is InChI=1S/C10H19NO4S2/c1-10(2,3)15-9(14)11-7(8(12)13)5-6-17-16-4/h7H,5-6H2,1-4H3,(H,11,14)(H,12,13)/t7-/m0/s1. The van der Waals surface area contributed by atoms with Gasteiger partial charge in [-0.2, -0.15) is 0 Å². The van der Waals surface area contributed by atoms with Crippen molar-refractivity contribution in [3.63, 3.8) is 0 Å². The quantitative estimate of drug-likeness (QED) is 0.575. The van der Waals surface area contributed by atoms with Crippen LogP contribution in [0.25, 0.3) is 0 Å². The van der Waals surface area contributed by atoms with E-state index in [2.05, 4.69) is 5.32 Å². The molecule has 0 heterocycles. The molecule has 0 aromatic rings. The predicted molar refractivity (Wildman–Crippen MR) is 71.4 cm³/mol. The number of hydrogen-bond donors (Lipinski definition) is 2. The van der Waals surface area contributed by atoms with Crippen LogP contribution in [0.1, 0.15) is 27.2 Å². The number of carbonyl (C=O) groups excluding carboxylic acids is 1. The van der Waals surface area contributed by atoms with Crippen LogP contribution >= 0.6 is 21.6 Å². The average molecular weight is 281 g/mol. The van der Waals surface area contributed by atoms with Crippen LogP contribution in [-0.2, 0) is 9.53 Å². The smallest absolute Gasteiger partial charge is 0.408 e. The lowest BCUT2D eigenvalue weighted by Crippen LogP contribution is -2.43. The Hall–Kier alpha value is -0.560. The van der Waals surface area contributed by atoms with Crippen molar-refractivity contribution in [2.75, 3.05) is 12.0 Å². The predicted octanol–water partition coefficient (Wildman–Crippen LogP) is 2.37. The Morgan fingerprint density at radius 2 is 2.00 bits per heavy atom. The Morgan fingerprint density at radius 3 is 2.41 bits per heavy atom. The van der Waals surface area contributed by atoms with Crippen molar-refractivity contribution in [3.8, 4) is 0 Å². The fourth-order valence-electron chi connectivity index (χ4n) is 0.956. The number of rotatable bonds is 6. The highest BCUT2D eigenvalue weighted by molar-refractivity contribution is 8.76. The third kappa shape index (κ3) is 9.17. The molecular weight excluding hydrogens is 262 g/mol. The number of nitrogens with one attached hydrogen (secondary N) is 1. The summed E-state index contributed by atoms with van der Waals surface area (Å²) in [7, 11) is 3.12. The second kappa shape index (κ2) is 7.71. The van der Waals surface area contributed by atoms with Crippen LogP contribution in [0.5, 0.6) is 0 Å². The summed E-state index contributed by atoms with van der Waals surface area (Å²) in [5.41, 5.74) is -0.624. The second-order valence-corrected chi connectivity index (χ2v) is 7.00. The van der Waals surface area contributed by atoms with Crippen LogP contribution in [-0.4, -0.2) is 40.8 Å². The minimum Gasteiger partial charge on any atom is -0.480 e. The SMILES string of the molecule is CSSCC[C@H](NC(=O)OC(C)(C)C)C(=O)O. The number of carbonyl (C=O) groups is 2. The fourth-order valence-corrected chi connectivity index (χ4v) is 2.24. The van der Waals surface area contributed by atoms with Gasteiger partial charge in [-0.25, -0.2) is 9.59 Å². The lowest BCUT2D eigenvalue weighted by Gasteiger charge is -2.21. The number of aliphatic carboxylic acids is 1. The van der Waals surface area contributed by atoms with E-state index in [1.54, 1.807) is 42.4 Å². The summed E-state index contributed by atoms with van der Waals surface area (Å²) in [5.74, 6) is -0.383. The van der Waals surface area contributed by atoms with Crippen molar-refractivity contribution in [2.45, 2.75) is 38.8 Å². The Morgan fingerprint density at radius 1 is 1.41 bits per heavy atom. The van der Waals surface area contributed by atoms with E-state index >= 15 is 0 Å². The number of ether oxygens (including phenoxy) is 1. The molecule has 0 aromatic carbocycles. The number of carboxylic acid groups (broad SMARTS) is 1. The highest BCUT2D eigenvalue weighted by atomic mass is 33.1. The van der Waals surface area contributed by atoms with Crippen LogP contribution in [0, 0.1) is 0 Å². The lowest BCUT2D eigenvalue weighted by molar-refractivity contribution is -0.139. The van der Waals surface area contributed by atoms with Gasteiger partial charge in [-0.1, -0.05) is 21.6 Å². The molecule has 0 fully saturated rings. The molecule has 0 saturated carbocycles. The van der Waals surface area contributed by atoms with E-state index in [-0.39, 0.29) is 0 Å². The van der Waals surface area contributed by atoms with Gasteiger partial charge in [0.1, 0.15) is 11.6 Å². The molecule has 7 heteroatoms. The maximum absolute atomic E-state index is 11.4. The molecule has 0 aliphatic heterocycles. The van der Waals surface area contributed by atoms with Crippen molar-refractivity contribution in [3.05, 3.63) is 0 Å². The number of alkyl carbamates (subject to hydrolysis) is 1. The lowest BCUT2D eigenvalue weighted by atomic mass is 10.2. The van der Waals surface area contributed by atoms with Gasteiger partial charge in [-0.05, 0) is 33.4 Å². The van der Waals surface area contributed by atoms with Crippen molar-refractivity contribution in [1.29, 1.82) is 0 Å². The first-order valence-electron chi connectivity index (χ1n) is 5.14. The van der Waals surface area contributed by atoms with Crippen LogP contribution in [0.3, 0.4) is 0 Å². The van der Waals surface area contributed by atoms with Gasteiger partial charge in [0.05, 0.1) is 0 Å². The van der Waals surface area contributed by atoms with Gasteiger partial charge >= 0.3 is 12.1 Å². The fraction of sp³-hybridized carbons (Fsp3) is 0.800. The van der Waals surface area contributed by atoms with Gasteiger partial charge in [0, 0.05) is 5.75 Å². The molecule has 2 N–H and O–H groups in total. The number of amides is 1. The summed E-state index contributed by atoms with van der Waals surface area (Å²) in [6.07, 6.45) is 1.60. The maximum Gasteiger partial charge on any atom is 0.408 e. The zero-order valence-corrected chi connectivity index (χ0v) is 12.1. The minimum absolute atomic E-state index is 0.375. The van der Waals surface area contributed by atoms with E-state index in [9.17, 15) is 9.59 Å². The van der Waals surface area contributed by atoms with E-state index in [4.69, 9.17) is 9.84 Å². The third-order valence-corrected chi connectivity index (χ3v) is 3.44. The summed E-state index contributed by atoms with van der Waals surface area (Å²) < 4.78 is 5.00. The van der Waals surface area contributed by atoms with E-state index in [0.717, 1.165) is 0 Å². The zero-order chi connectivity index (χ0) is 13.5. The Labute approximate surface area is 109 Å². The molecular formula is C10H19NO4S2. The highest BCUT2D eigenvalue weighted by Gasteiger charge is 2.23. The van der Waals surface area contributed by atoms with Crippen LogP contribution in [0.4, 0.5) is 4.79 Å². The van der Waals surface area contributed by atoms with Gasteiger partial charge in [0.2, 0.25) is 0 Å². The molecule has 0 aliphatic rings. The first kappa shape index (κ1) is 16.4. The monoisotopic (exact) mass is 281 g/mol. The summed E-state index contributed by atoms with van der Waals surface area (Å²) in [6.45, 7) is 5.18. The summed E-state index contributed by atoms with van der Waals surface area (Å²) in [4.78, 5) is 22.3. The van der Waals surface area contributed by atoms with Crippen molar-refractivity contribution in [2.24, 2.45) is 0 Å². The van der Waals surface area contributed by atoms with E-state index in [1.807, 2.05) is 6.26 Å². The van der Waals surface area contributed by atoms with Gasteiger partial charge < -0.3 is 15.2 Å². The highest BCUT2D eigenvalue weighted by Crippen LogP contribution is 2.18.